The molecule has 0 spiro atoms. The quantitative estimate of drug-likeness (QED) is 0.543. The molecule has 10 heavy (non-hydrogen) atoms. The van der Waals surface area contributed by atoms with Crippen LogP contribution in [0, 0.1) is 0 Å². The van der Waals surface area contributed by atoms with Gasteiger partial charge in [0.15, 0.2) is 0 Å². The molecule has 1 saturated heterocycles. The smallest absolute Gasteiger partial charge is 0.115 e. The van der Waals surface area contributed by atoms with Gasteiger partial charge in [-0.1, -0.05) is 6.07 Å². The van der Waals surface area contributed by atoms with E-state index in [2.05, 4.69) is 11.9 Å². The molecule has 1 fully saturated rings. The second kappa shape index (κ2) is 1.80. The minimum Gasteiger partial charge on any atom is -0.365 e. The summed E-state index contributed by atoms with van der Waals surface area (Å²) < 4.78 is 5.24. The largest absolute Gasteiger partial charge is 0.365 e. The molecule has 0 aromatic carbocycles. The van der Waals surface area contributed by atoms with E-state index >= 15 is 0 Å². The molecule has 0 bridgehead atoms. The topological polar surface area (TPSA) is 25.4 Å². The number of hydrogen-bond donors (Lipinski definition) is 0. The van der Waals surface area contributed by atoms with Crippen LogP contribution in [0.1, 0.15) is 12.5 Å². The van der Waals surface area contributed by atoms with Crippen LogP contribution in [0.3, 0.4) is 0 Å². The van der Waals surface area contributed by atoms with E-state index in [0.29, 0.717) is 0 Å². The van der Waals surface area contributed by atoms with E-state index in [4.69, 9.17) is 4.74 Å². The first-order chi connectivity index (χ1) is 4.81. The standard InChI is InChI=1S/C8H9NO/c1-8(6-10-8)7-3-2-4-9-5-7/h2-5H,6H2,1H3/t8-/m1/s1. The molecule has 0 radical (unpaired) electrons. The third kappa shape index (κ3) is 0.809. The van der Waals surface area contributed by atoms with Crippen molar-refractivity contribution >= 4 is 0 Å². The van der Waals surface area contributed by atoms with Crippen molar-refractivity contribution in [2.45, 2.75) is 12.5 Å². The van der Waals surface area contributed by atoms with E-state index in [-0.39, 0.29) is 5.60 Å². The third-order valence-electron chi connectivity index (χ3n) is 1.85. The number of pyridine rings is 1. The Hall–Kier alpha value is -0.890. The van der Waals surface area contributed by atoms with Crippen molar-refractivity contribution in [1.29, 1.82) is 0 Å². The molecule has 1 aliphatic heterocycles. The highest BCUT2D eigenvalue weighted by Crippen LogP contribution is 2.36. The monoisotopic (exact) mass is 135 g/mol. The summed E-state index contributed by atoms with van der Waals surface area (Å²) in [6.45, 7) is 2.91. The van der Waals surface area contributed by atoms with Crippen molar-refractivity contribution in [3.05, 3.63) is 30.1 Å². The highest BCUT2D eigenvalue weighted by Gasteiger charge is 2.41. The molecule has 0 amide bonds. The fourth-order valence-electron chi connectivity index (χ4n) is 0.951. The van der Waals surface area contributed by atoms with Gasteiger partial charge in [0.05, 0.1) is 6.61 Å². The SMILES string of the molecule is C[C@]1(c2cccnc2)CO1. The fourth-order valence-corrected chi connectivity index (χ4v) is 0.951. The zero-order valence-corrected chi connectivity index (χ0v) is 5.87. The Morgan fingerprint density at radius 2 is 2.50 bits per heavy atom. The minimum absolute atomic E-state index is 0.0196. The molecule has 2 rings (SSSR count). The maximum absolute atomic E-state index is 5.24. The Bertz CT molecular complexity index is 228. The lowest BCUT2D eigenvalue weighted by molar-refractivity contribution is 0.329. The average molecular weight is 135 g/mol. The maximum Gasteiger partial charge on any atom is 0.115 e. The van der Waals surface area contributed by atoms with Gasteiger partial charge in [0.25, 0.3) is 0 Å². The molecule has 0 saturated carbocycles. The van der Waals surface area contributed by atoms with Crippen molar-refractivity contribution in [2.75, 3.05) is 6.61 Å². The molecule has 0 N–H and O–H groups in total. The van der Waals surface area contributed by atoms with E-state index in [1.165, 1.54) is 5.56 Å². The van der Waals surface area contributed by atoms with E-state index in [0.717, 1.165) is 6.61 Å². The van der Waals surface area contributed by atoms with E-state index < -0.39 is 0 Å². The molecule has 2 heterocycles. The van der Waals surface area contributed by atoms with Crippen LogP contribution >= 0.6 is 0 Å². The Morgan fingerprint density at radius 3 is 3.00 bits per heavy atom. The zero-order chi connectivity index (χ0) is 7.03. The van der Waals surface area contributed by atoms with Gasteiger partial charge >= 0.3 is 0 Å². The predicted octanol–water partition coefficient (Wildman–Crippen LogP) is 1.33. The third-order valence-corrected chi connectivity index (χ3v) is 1.85. The first-order valence-corrected chi connectivity index (χ1v) is 3.36. The zero-order valence-electron chi connectivity index (χ0n) is 5.87. The maximum atomic E-state index is 5.24. The number of hydrogen-bond acceptors (Lipinski definition) is 2. The van der Waals surface area contributed by atoms with Crippen LogP contribution in [-0.2, 0) is 10.3 Å². The van der Waals surface area contributed by atoms with Crippen LogP contribution in [-0.4, -0.2) is 11.6 Å². The summed E-state index contributed by atoms with van der Waals surface area (Å²) in [5.74, 6) is 0. The summed E-state index contributed by atoms with van der Waals surface area (Å²) in [7, 11) is 0. The summed E-state index contributed by atoms with van der Waals surface area (Å²) in [6.07, 6.45) is 3.63. The van der Waals surface area contributed by atoms with Crippen molar-refractivity contribution in [3.8, 4) is 0 Å². The number of aromatic nitrogens is 1. The number of ether oxygens (including phenoxy) is 1. The number of epoxide rings is 1. The molecule has 2 heteroatoms. The molecule has 1 aliphatic rings. The number of nitrogens with zero attached hydrogens (tertiary/aromatic N) is 1. The molecule has 52 valence electrons. The van der Waals surface area contributed by atoms with E-state index in [1.807, 2.05) is 18.3 Å². The van der Waals surface area contributed by atoms with Crippen LogP contribution in [0.5, 0.6) is 0 Å². The Kier molecular flexibility index (Phi) is 1.05. The average Bonchev–Trinajstić information content (AvgIpc) is 2.72. The highest BCUT2D eigenvalue weighted by molar-refractivity contribution is 5.21. The second-order valence-electron chi connectivity index (χ2n) is 2.76. The highest BCUT2D eigenvalue weighted by atomic mass is 16.6. The fraction of sp³-hybridized carbons (Fsp3) is 0.375. The van der Waals surface area contributed by atoms with Crippen LogP contribution in [0.15, 0.2) is 24.5 Å². The van der Waals surface area contributed by atoms with Gasteiger partial charge in [-0.3, -0.25) is 4.98 Å². The van der Waals surface area contributed by atoms with E-state index in [9.17, 15) is 0 Å². The molecule has 2 nitrogen and oxygen atoms in total. The Balaban J connectivity index is 2.35. The van der Waals surface area contributed by atoms with Gasteiger partial charge in [-0.05, 0) is 13.0 Å². The van der Waals surface area contributed by atoms with Gasteiger partial charge in [-0.25, -0.2) is 0 Å². The van der Waals surface area contributed by atoms with Gasteiger partial charge in [0.2, 0.25) is 0 Å². The van der Waals surface area contributed by atoms with Gasteiger partial charge < -0.3 is 4.74 Å². The summed E-state index contributed by atoms with van der Waals surface area (Å²) in [5.41, 5.74) is 1.16. The molecular formula is C8H9NO. The summed E-state index contributed by atoms with van der Waals surface area (Å²) in [5, 5.41) is 0. The molecule has 0 unspecified atom stereocenters. The second-order valence-corrected chi connectivity index (χ2v) is 2.76. The molecule has 0 aliphatic carbocycles. The lowest BCUT2D eigenvalue weighted by Gasteiger charge is -2.01. The lowest BCUT2D eigenvalue weighted by atomic mass is 10.1. The molecular weight excluding hydrogens is 126 g/mol. The van der Waals surface area contributed by atoms with Crippen molar-refractivity contribution in [3.63, 3.8) is 0 Å². The van der Waals surface area contributed by atoms with Crippen LogP contribution in [0.25, 0.3) is 0 Å². The summed E-state index contributed by atoms with van der Waals surface area (Å²) in [6, 6.07) is 3.97. The summed E-state index contributed by atoms with van der Waals surface area (Å²) in [4.78, 5) is 4.01. The minimum atomic E-state index is -0.0196. The van der Waals surface area contributed by atoms with Crippen molar-refractivity contribution in [1.82, 2.24) is 4.98 Å². The molecule has 1 aromatic heterocycles. The van der Waals surface area contributed by atoms with Crippen LogP contribution in [0.2, 0.25) is 0 Å². The van der Waals surface area contributed by atoms with Crippen LogP contribution < -0.4 is 0 Å². The van der Waals surface area contributed by atoms with Crippen molar-refractivity contribution in [2.24, 2.45) is 0 Å². The van der Waals surface area contributed by atoms with Gasteiger partial charge in [-0.2, -0.15) is 0 Å². The lowest BCUT2D eigenvalue weighted by Crippen LogP contribution is -2.01. The Morgan fingerprint density at radius 1 is 1.70 bits per heavy atom. The van der Waals surface area contributed by atoms with Crippen LogP contribution in [0.4, 0.5) is 0 Å². The Labute approximate surface area is 59.9 Å². The number of rotatable bonds is 1. The normalized spacial score (nSPS) is 30.1. The first kappa shape index (κ1) is 5.86. The van der Waals surface area contributed by atoms with Gasteiger partial charge in [0.1, 0.15) is 5.60 Å². The predicted molar refractivity (Wildman–Crippen MR) is 37.5 cm³/mol. The molecule has 1 atom stereocenters. The van der Waals surface area contributed by atoms with Crippen molar-refractivity contribution < 1.29 is 4.74 Å². The summed E-state index contributed by atoms with van der Waals surface area (Å²) >= 11 is 0. The van der Waals surface area contributed by atoms with Gasteiger partial charge in [0, 0.05) is 18.0 Å². The van der Waals surface area contributed by atoms with E-state index in [1.54, 1.807) is 6.20 Å². The van der Waals surface area contributed by atoms with Gasteiger partial charge in [-0.15, -0.1) is 0 Å². The first-order valence-electron chi connectivity index (χ1n) is 3.36. The molecule has 1 aromatic rings.